The third-order valence-electron chi connectivity index (χ3n) is 2.44. The highest BCUT2D eigenvalue weighted by Gasteiger charge is 2.06. The van der Waals surface area contributed by atoms with E-state index in [1.54, 1.807) is 13.1 Å². The molecule has 0 amide bonds. The van der Waals surface area contributed by atoms with Crippen molar-refractivity contribution in [2.45, 2.75) is 20.2 Å². The molecule has 4 heteroatoms. The number of aldehydes is 1. The Hall–Kier alpha value is -1.32. The molecule has 0 saturated carbocycles. The maximum atomic E-state index is 10.5. The van der Waals surface area contributed by atoms with Gasteiger partial charge in [-0.1, -0.05) is 19.2 Å². The van der Waals surface area contributed by atoms with Crippen molar-refractivity contribution in [3.05, 3.63) is 23.3 Å². The van der Waals surface area contributed by atoms with Crippen molar-refractivity contribution in [3.8, 4) is 0 Å². The molecule has 0 saturated heterocycles. The molecule has 0 aliphatic heterocycles. The fourth-order valence-corrected chi connectivity index (χ4v) is 1.51. The number of aliphatic imine (C=N–C) groups is 1. The van der Waals surface area contributed by atoms with Crippen LogP contribution in [0.15, 0.2) is 28.3 Å². The van der Waals surface area contributed by atoms with E-state index in [1.807, 2.05) is 40.5 Å². The van der Waals surface area contributed by atoms with Gasteiger partial charge in [0, 0.05) is 33.1 Å². The first-order valence-corrected chi connectivity index (χ1v) is 5.80. The Bertz CT molecular complexity index is 319. The van der Waals surface area contributed by atoms with Gasteiger partial charge in [-0.05, 0) is 24.5 Å². The summed E-state index contributed by atoms with van der Waals surface area (Å²) in [5.74, 6) is 0.392. The van der Waals surface area contributed by atoms with Gasteiger partial charge in [0.05, 0.1) is 0 Å². The molecule has 0 aliphatic rings. The van der Waals surface area contributed by atoms with Crippen LogP contribution in [0.1, 0.15) is 13.3 Å². The largest absolute Gasteiger partial charge is 0.381 e. The minimum atomic E-state index is 0.392. The topological polar surface area (TPSA) is 32.7 Å². The van der Waals surface area contributed by atoms with E-state index >= 15 is 0 Å². The molecule has 3 nitrogen and oxygen atoms in total. The van der Waals surface area contributed by atoms with E-state index < -0.39 is 0 Å². The standard InChI is InChI=1S/C13H22BN2O/c1-11(10-15-3)8-13(16(4)5)9-12(14-2)6-7-17/h6-7,9-11H,8H2,1-5H3/b12-6+,13-9-,15-10?. The van der Waals surface area contributed by atoms with Crippen LogP contribution >= 0.6 is 0 Å². The lowest BCUT2D eigenvalue weighted by Gasteiger charge is -2.20. The Morgan fingerprint density at radius 3 is 2.53 bits per heavy atom. The number of carbonyl (C=O) groups excluding carboxylic acids is 1. The zero-order valence-electron chi connectivity index (χ0n) is 11.5. The molecule has 0 aliphatic carbocycles. The lowest BCUT2D eigenvalue weighted by molar-refractivity contribution is -0.104. The molecule has 1 unspecified atom stereocenters. The maximum absolute atomic E-state index is 10.5. The van der Waals surface area contributed by atoms with Crippen molar-refractivity contribution in [1.82, 2.24) is 4.90 Å². The van der Waals surface area contributed by atoms with Crippen molar-refractivity contribution < 1.29 is 4.79 Å². The van der Waals surface area contributed by atoms with E-state index in [2.05, 4.69) is 16.8 Å². The van der Waals surface area contributed by atoms with Crippen molar-refractivity contribution in [2.75, 3.05) is 21.1 Å². The number of rotatable bonds is 7. The number of hydrogen-bond acceptors (Lipinski definition) is 3. The lowest BCUT2D eigenvalue weighted by atomic mass is 9.71. The molecule has 17 heavy (non-hydrogen) atoms. The Labute approximate surface area is 106 Å². The molecule has 0 rings (SSSR count). The third kappa shape index (κ3) is 6.77. The van der Waals surface area contributed by atoms with Crippen LogP contribution in [-0.4, -0.2) is 45.8 Å². The summed E-state index contributed by atoms with van der Waals surface area (Å²) in [6.45, 7) is 4.05. The van der Waals surface area contributed by atoms with Gasteiger partial charge < -0.3 is 9.89 Å². The fraction of sp³-hybridized carbons (Fsp3) is 0.538. The van der Waals surface area contributed by atoms with Crippen LogP contribution in [-0.2, 0) is 4.79 Å². The summed E-state index contributed by atoms with van der Waals surface area (Å²) in [6, 6.07) is 0. The minimum absolute atomic E-state index is 0.392. The molecule has 0 aromatic carbocycles. The number of hydrogen-bond donors (Lipinski definition) is 0. The monoisotopic (exact) mass is 233 g/mol. The quantitative estimate of drug-likeness (QED) is 0.221. The van der Waals surface area contributed by atoms with E-state index in [1.165, 1.54) is 5.70 Å². The maximum Gasteiger partial charge on any atom is 0.148 e. The van der Waals surface area contributed by atoms with Gasteiger partial charge in [0.1, 0.15) is 13.6 Å². The number of nitrogens with zero attached hydrogens (tertiary/aromatic N) is 2. The SMILES string of the molecule is C[B]C(=C/C=O)/C=C(/CC(C)C=NC)N(C)C. The van der Waals surface area contributed by atoms with Crippen LogP contribution in [0.5, 0.6) is 0 Å². The predicted octanol–water partition coefficient (Wildman–Crippen LogP) is 1.99. The molecule has 0 heterocycles. The molecule has 0 N–H and O–H groups in total. The molecule has 0 spiro atoms. The highest BCUT2D eigenvalue weighted by Crippen LogP contribution is 2.14. The van der Waals surface area contributed by atoms with Crippen molar-refractivity contribution >= 4 is 19.8 Å². The van der Waals surface area contributed by atoms with Gasteiger partial charge in [-0.3, -0.25) is 4.79 Å². The van der Waals surface area contributed by atoms with Crippen LogP contribution in [0.4, 0.5) is 0 Å². The number of carbonyl (C=O) groups is 1. The van der Waals surface area contributed by atoms with Crippen LogP contribution in [0.3, 0.4) is 0 Å². The van der Waals surface area contributed by atoms with Gasteiger partial charge in [0.15, 0.2) is 0 Å². The molecule has 0 fully saturated rings. The zero-order valence-corrected chi connectivity index (χ0v) is 11.5. The second-order valence-electron chi connectivity index (χ2n) is 4.21. The molecule has 1 radical (unpaired) electrons. The smallest absolute Gasteiger partial charge is 0.148 e. The van der Waals surface area contributed by atoms with Crippen LogP contribution in [0.2, 0.25) is 6.82 Å². The summed E-state index contributed by atoms with van der Waals surface area (Å²) in [6.07, 6.45) is 7.27. The fourth-order valence-electron chi connectivity index (χ4n) is 1.51. The summed E-state index contributed by atoms with van der Waals surface area (Å²) >= 11 is 0. The van der Waals surface area contributed by atoms with Gasteiger partial charge in [-0.25, -0.2) is 0 Å². The third-order valence-corrected chi connectivity index (χ3v) is 2.44. The second-order valence-corrected chi connectivity index (χ2v) is 4.21. The summed E-state index contributed by atoms with van der Waals surface area (Å²) in [5, 5.41) is 0. The molecular weight excluding hydrogens is 211 g/mol. The Balaban J connectivity index is 4.89. The highest BCUT2D eigenvalue weighted by atomic mass is 16.1. The van der Waals surface area contributed by atoms with E-state index in [-0.39, 0.29) is 0 Å². The van der Waals surface area contributed by atoms with Gasteiger partial charge in [0.25, 0.3) is 0 Å². The first kappa shape index (κ1) is 15.7. The van der Waals surface area contributed by atoms with E-state index in [9.17, 15) is 4.79 Å². The van der Waals surface area contributed by atoms with Gasteiger partial charge in [0.2, 0.25) is 0 Å². The molecule has 93 valence electrons. The molecule has 0 bridgehead atoms. The van der Waals surface area contributed by atoms with E-state index in [0.717, 1.165) is 18.2 Å². The Morgan fingerprint density at radius 1 is 1.47 bits per heavy atom. The zero-order chi connectivity index (χ0) is 13.3. The summed E-state index contributed by atoms with van der Waals surface area (Å²) in [7, 11) is 7.73. The molecule has 0 aromatic rings. The van der Waals surface area contributed by atoms with Crippen molar-refractivity contribution in [2.24, 2.45) is 10.9 Å². The molecule has 0 aromatic heterocycles. The lowest BCUT2D eigenvalue weighted by Crippen LogP contribution is -2.15. The summed E-state index contributed by atoms with van der Waals surface area (Å²) in [4.78, 5) is 16.6. The highest BCUT2D eigenvalue weighted by molar-refractivity contribution is 6.45. The summed E-state index contributed by atoms with van der Waals surface area (Å²) < 4.78 is 0. The van der Waals surface area contributed by atoms with Gasteiger partial charge >= 0.3 is 0 Å². The first-order valence-electron chi connectivity index (χ1n) is 5.80. The average molecular weight is 233 g/mol. The Kier molecular flexibility index (Phi) is 8.11. The van der Waals surface area contributed by atoms with Crippen molar-refractivity contribution in [1.29, 1.82) is 0 Å². The minimum Gasteiger partial charge on any atom is -0.381 e. The number of allylic oxidation sites excluding steroid dienone is 4. The Morgan fingerprint density at radius 2 is 2.12 bits per heavy atom. The predicted molar refractivity (Wildman–Crippen MR) is 75.7 cm³/mol. The average Bonchev–Trinajstić information content (AvgIpc) is 2.27. The van der Waals surface area contributed by atoms with Gasteiger partial charge in [-0.15, -0.1) is 0 Å². The van der Waals surface area contributed by atoms with Crippen LogP contribution < -0.4 is 0 Å². The molecular formula is C13H22BN2O. The first-order chi connectivity index (χ1) is 8.04. The van der Waals surface area contributed by atoms with E-state index in [4.69, 9.17) is 0 Å². The van der Waals surface area contributed by atoms with E-state index in [0.29, 0.717) is 5.92 Å². The second kappa shape index (κ2) is 8.79. The van der Waals surface area contributed by atoms with Gasteiger partial charge in [-0.2, -0.15) is 0 Å². The van der Waals surface area contributed by atoms with Crippen LogP contribution in [0, 0.1) is 5.92 Å². The normalized spacial score (nSPS) is 14.9. The summed E-state index contributed by atoms with van der Waals surface area (Å²) in [5.41, 5.74) is 2.12. The van der Waals surface area contributed by atoms with Crippen LogP contribution in [0.25, 0.3) is 0 Å². The van der Waals surface area contributed by atoms with Crippen molar-refractivity contribution in [3.63, 3.8) is 0 Å². The molecule has 1 atom stereocenters.